The number of anilines is 5. The summed E-state index contributed by atoms with van der Waals surface area (Å²) in [5.74, 6) is 0.277. The van der Waals surface area contributed by atoms with Crippen LogP contribution in [0.3, 0.4) is 0 Å². The highest BCUT2D eigenvalue weighted by Gasteiger charge is 2.21. The van der Waals surface area contributed by atoms with Crippen molar-refractivity contribution < 1.29 is 14.6 Å². The second-order valence-electron chi connectivity index (χ2n) is 7.87. The van der Waals surface area contributed by atoms with E-state index in [-0.39, 0.29) is 11.5 Å². The number of aromatic carboxylic acids is 1. The highest BCUT2D eigenvalue weighted by molar-refractivity contribution is 5.90. The third-order valence-corrected chi connectivity index (χ3v) is 5.56. The number of benzene rings is 2. The van der Waals surface area contributed by atoms with Gasteiger partial charge >= 0.3 is 5.97 Å². The van der Waals surface area contributed by atoms with Gasteiger partial charge in [-0.1, -0.05) is 24.3 Å². The summed E-state index contributed by atoms with van der Waals surface area (Å²) in [5.41, 5.74) is 8.64. The number of hydrogen-bond donors (Lipinski definition) is 2. The summed E-state index contributed by atoms with van der Waals surface area (Å²) in [4.78, 5) is 33.6. The second-order valence-corrected chi connectivity index (χ2v) is 7.87. The summed E-state index contributed by atoms with van der Waals surface area (Å²) < 4.78 is 5.50. The minimum Gasteiger partial charge on any atom is -0.478 e. The van der Waals surface area contributed by atoms with Crippen molar-refractivity contribution in [3.05, 3.63) is 78.6 Å². The molecule has 3 N–H and O–H groups in total. The fourth-order valence-electron chi connectivity index (χ4n) is 3.83. The molecule has 1 aliphatic rings. The van der Waals surface area contributed by atoms with Gasteiger partial charge in [-0.2, -0.15) is 4.98 Å². The van der Waals surface area contributed by atoms with Gasteiger partial charge in [-0.05, 0) is 30.3 Å². The summed E-state index contributed by atoms with van der Waals surface area (Å²) in [6, 6.07) is 18.2. The molecule has 0 unspecified atom stereocenters. The molecule has 2 aromatic heterocycles. The van der Waals surface area contributed by atoms with E-state index in [1.165, 1.54) is 0 Å². The molecule has 0 atom stereocenters. The van der Waals surface area contributed by atoms with E-state index >= 15 is 0 Å². The molecule has 10 nitrogen and oxygen atoms in total. The van der Waals surface area contributed by atoms with Gasteiger partial charge in [0.05, 0.1) is 24.5 Å². The number of nitrogens with zero attached hydrogens (tertiary/aromatic N) is 6. The van der Waals surface area contributed by atoms with Crippen molar-refractivity contribution in [2.24, 2.45) is 0 Å². The Bertz CT molecular complexity index is 1330. The van der Waals surface area contributed by atoms with Crippen LogP contribution >= 0.6 is 0 Å². The van der Waals surface area contributed by atoms with E-state index in [9.17, 15) is 9.90 Å². The van der Waals surface area contributed by atoms with Gasteiger partial charge in [-0.3, -0.25) is 4.90 Å². The minimum absolute atomic E-state index is 0.174. The van der Waals surface area contributed by atoms with Crippen molar-refractivity contribution in [2.75, 3.05) is 41.8 Å². The van der Waals surface area contributed by atoms with Crippen LogP contribution in [0.15, 0.2) is 73.1 Å². The van der Waals surface area contributed by atoms with E-state index < -0.39 is 5.97 Å². The van der Waals surface area contributed by atoms with Crippen LogP contribution in [0.4, 0.5) is 29.1 Å². The number of carboxylic acid groups (broad SMARTS) is 1. The lowest BCUT2D eigenvalue weighted by Gasteiger charge is -2.29. The van der Waals surface area contributed by atoms with Crippen molar-refractivity contribution in [2.45, 2.75) is 0 Å². The van der Waals surface area contributed by atoms with Crippen LogP contribution in [0.5, 0.6) is 0 Å². The van der Waals surface area contributed by atoms with E-state index in [0.717, 1.165) is 5.69 Å². The lowest BCUT2D eigenvalue weighted by molar-refractivity contribution is 0.0697. The van der Waals surface area contributed by atoms with Gasteiger partial charge in [-0.15, -0.1) is 0 Å². The average molecular weight is 470 g/mol. The fourth-order valence-corrected chi connectivity index (χ4v) is 3.83. The number of aromatic nitrogens is 4. The molecule has 0 saturated carbocycles. The van der Waals surface area contributed by atoms with Gasteiger partial charge in [0.15, 0.2) is 0 Å². The molecule has 2 aromatic carbocycles. The van der Waals surface area contributed by atoms with E-state index in [1.54, 1.807) is 30.6 Å². The van der Waals surface area contributed by atoms with Crippen LogP contribution in [-0.4, -0.2) is 57.3 Å². The Balaban J connectivity index is 1.70. The molecule has 0 radical (unpaired) electrons. The maximum Gasteiger partial charge on any atom is 0.335 e. The largest absolute Gasteiger partial charge is 0.478 e. The lowest BCUT2D eigenvalue weighted by atomic mass is 10.1. The Morgan fingerprint density at radius 2 is 1.66 bits per heavy atom. The molecule has 0 spiro atoms. The molecule has 4 aromatic rings. The number of nitrogens with two attached hydrogens (primary N) is 1. The van der Waals surface area contributed by atoms with Crippen LogP contribution in [0.25, 0.3) is 11.3 Å². The molecule has 176 valence electrons. The number of morpholine rings is 1. The van der Waals surface area contributed by atoms with Gasteiger partial charge in [0.1, 0.15) is 5.82 Å². The third kappa shape index (κ3) is 4.87. The highest BCUT2D eigenvalue weighted by Crippen LogP contribution is 2.36. The molecule has 5 rings (SSSR count). The van der Waals surface area contributed by atoms with E-state index in [1.807, 2.05) is 47.4 Å². The average Bonchev–Trinajstić information content (AvgIpc) is 2.90. The van der Waals surface area contributed by atoms with Crippen LogP contribution in [0, 0.1) is 0 Å². The molecule has 35 heavy (non-hydrogen) atoms. The standard InChI is InChI=1S/C25H23N7O3/c26-24-27-15-18(16-28-24)21-14-22(30-25(29-21)31-9-11-35-12-10-31)32(19-6-2-1-3-7-19)20-8-4-5-17(13-20)23(33)34/h1-8,13-16H,9-12H2,(H,33,34)(H2,26,27,28). The summed E-state index contributed by atoms with van der Waals surface area (Å²) in [5, 5.41) is 9.57. The minimum atomic E-state index is -1.00. The quantitative estimate of drug-likeness (QED) is 0.432. The second kappa shape index (κ2) is 9.74. The number of para-hydroxylation sites is 1. The maximum absolute atomic E-state index is 11.7. The SMILES string of the molecule is Nc1ncc(-c2cc(N(c3ccccc3)c3cccc(C(=O)O)c3)nc(N3CCOCC3)n2)cn1. The number of hydrogen-bond acceptors (Lipinski definition) is 9. The van der Waals surface area contributed by atoms with Gasteiger partial charge in [0.2, 0.25) is 11.9 Å². The number of carboxylic acids is 1. The number of ether oxygens (including phenoxy) is 1. The lowest BCUT2D eigenvalue weighted by Crippen LogP contribution is -2.37. The molecule has 0 aliphatic carbocycles. The van der Waals surface area contributed by atoms with E-state index in [2.05, 4.69) is 14.9 Å². The first kappa shape index (κ1) is 22.2. The van der Waals surface area contributed by atoms with Crippen molar-refractivity contribution in [1.29, 1.82) is 0 Å². The Morgan fingerprint density at radius 1 is 0.943 bits per heavy atom. The van der Waals surface area contributed by atoms with Crippen molar-refractivity contribution in [3.8, 4) is 11.3 Å². The fraction of sp³-hybridized carbons (Fsp3) is 0.160. The van der Waals surface area contributed by atoms with Gasteiger partial charge in [0.25, 0.3) is 0 Å². The summed E-state index contributed by atoms with van der Waals surface area (Å²) in [7, 11) is 0. The summed E-state index contributed by atoms with van der Waals surface area (Å²) in [6.45, 7) is 2.47. The molecule has 0 bridgehead atoms. The number of nitrogen functional groups attached to an aromatic ring is 1. The van der Waals surface area contributed by atoms with Crippen molar-refractivity contribution >= 4 is 35.1 Å². The van der Waals surface area contributed by atoms with E-state index in [4.69, 9.17) is 20.4 Å². The van der Waals surface area contributed by atoms with Gasteiger partial charge in [-0.25, -0.2) is 19.7 Å². The van der Waals surface area contributed by atoms with Crippen LogP contribution < -0.4 is 15.5 Å². The normalized spacial score (nSPS) is 13.4. The molecule has 1 saturated heterocycles. The Labute approximate surface area is 201 Å². The van der Waals surface area contributed by atoms with Gasteiger partial charge < -0.3 is 20.5 Å². The Hall–Kier alpha value is -4.57. The Morgan fingerprint density at radius 3 is 2.37 bits per heavy atom. The van der Waals surface area contributed by atoms with Gasteiger partial charge in [0, 0.05) is 48.5 Å². The maximum atomic E-state index is 11.7. The monoisotopic (exact) mass is 469 g/mol. The molecule has 0 amide bonds. The topological polar surface area (TPSA) is 131 Å². The van der Waals surface area contributed by atoms with Crippen molar-refractivity contribution in [1.82, 2.24) is 19.9 Å². The first-order chi connectivity index (χ1) is 17.1. The first-order valence-corrected chi connectivity index (χ1v) is 11.1. The molecule has 10 heteroatoms. The molecule has 1 fully saturated rings. The molecular weight excluding hydrogens is 446 g/mol. The third-order valence-electron chi connectivity index (χ3n) is 5.56. The zero-order valence-corrected chi connectivity index (χ0v) is 18.8. The predicted octanol–water partition coefficient (Wildman–Crippen LogP) is 3.52. The molecular formula is C25H23N7O3. The van der Waals surface area contributed by atoms with Crippen LogP contribution in [-0.2, 0) is 4.74 Å². The van der Waals surface area contributed by atoms with E-state index in [0.29, 0.717) is 55.0 Å². The Kier molecular flexibility index (Phi) is 6.18. The summed E-state index contributed by atoms with van der Waals surface area (Å²) in [6.07, 6.45) is 3.24. The van der Waals surface area contributed by atoms with Crippen molar-refractivity contribution in [3.63, 3.8) is 0 Å². The zero-order chi connectivity index (χ0) is 24.2. The summed E-state index contributed by atoms with van der Waals surface area (Å²) >= 11 is 0. The predicted molar refractivity (Wildman–Crippen MR) is 132 cm³/mol. The molecule has 3 heterocycles. The highest BCUT2D eigenvalue weighted by atomic mass is 16.5. The first-order valence-electron chi connectivity index (χ1n) is 11.1. The molecule has 1 aliphatic heterocycles. The number of carbonyl (C=O) groups is 1. The smallest absolute Gasteiger partial charge is 0.335 e. The number of rotatable bonds is 6. The zero-order valence-electron chi connectivity index (χ0n) is 18.8. The van der Waals surface area contributed by atoms with Crippen LogP contribution in [0.2, 0.25) is 0 Å². The van der Waals surface area contributed by atoms with Crippen LogP contribution in [0.1, 0.15) is 10.4 Å².